The van der Waals surface area contributed by atoms with Crippen molar-refractivity contribution in [2.24, 2.45) is 5.92 Å². The van der Waals surface area contributed by atoms with Gasteiger partial charge in [-0.1, -0.05) is 13.8 Å². The van der Waals surface area contributed by atoms with Gasteiger partial charge in [0, 0.05) is 6.54 Å². The van der Waals surface area contributed by atoms with Gasteiger partial charge in [0.2, 0.25) is 0 Å². The highest BCUT2D eigenvalue weighted by atomic mass is 16.4. The topological polar surface area (TPSA) is 89.5 Å². The third-order valence-electron chi connectivity index (χ3n) is 3.08. The first-order valence-electron chi connectivity index (χ1n) is 6.31. The van der Waals surface area contributed by atoms with Crippen LogP contribution in [0, 0.1) is 5.92 Å². The predicted octanol–water partition coefficient (Wildman–Crippen LogP) is 1.70. The zero-order valence-corrected chi connectivity index (χ0v) is 11.3. The molecule has 0 aliphatic carbocycles. The van der Waals surface area contributed by atoms with Gasteiger partial charge < -0.3 is 9.52 Å². The molecule has 1 N–H and O–H groups in total. The molecule has 0 amide bonds. The molecule has 0 bridgehead atoms. The van der Waals surface area contributed by atoms with Crippen molar-refractivity contribution in [3.05, 3.63) is 44.7 Å². The van der Waals surface area contributed by atoms with Crippen LogP contribution in [-0.2, 0) is 6.54 Å². The molecule has 0 fully saturated rings. The van der Waals surface area contributed by atoms with E-state index in [9.17, 15) is 14.4 Å². The van der Waals surface area contributed by atoms with E-state index in [1.54, 1.807) is 0 Å². The third-order valence-corrected chi connectivity index (χ3v) is 3.08. The quantitative estimate of drug-likeness (QED) is 0.918. The summed E-state index contributed by atoms with van der Waals surface area (Å²) >= 11 is 0. The van der Waals surface area contributed by atoms with Gasteiger partial charge in [-0.3, -0.25) is 4.57 Å². The molecule has 0 saturated heterocycles. The van der Waals surface area contributed by atoms with Crippen LogP contribution in [0.4, 0.5) is 0 Å². The van der Waals surface area contributed by atoms with Crippen molar-refractivity contribution in [2.45, 2.75) is 26.8 Å². The Morgan fingerprint density at radius 2 is 2.05 bits per heavy atom. The predicted molar refractivity (Wildman–Crippen MR) is 73.2 cm³/mol. The number of nitrogens with zero attached hydrogens (tertiary/aromatic N) is 1. The number of rotatable bonds is 4. The van der Waals surface area contributed by atoms with E-state index in [4.69, 9.17) is 5.11 Å². The van der Waals surface area contributed by atoms with Gasteiger partial charge in [-0.25, -0.2) is 14.4 Å². The third kappa shape index (κ3) is 2.64. The van der Waals surface area contributed by atoms with Crippen LogP contribution in [0.15, 0.2) is 32.2 Å². The summed E-state index contributed by atoms with van der Waals surface area (Å²) in [6, 6.07) is 4.07. The minimum absolute atomic E-state index is 0.0149. The molecule has 0 saturated carbocycles. The molecule has 0 aliphatic heterocycles. The lowest BCUT2D eigenvalue weighted by atomic mass is 10.1. The van der Waals surface area contributed by atoms with Crippen LogP contribution < -0.4 is 11.4 Å². The smallest absolute Gasteiger partial charge is 0.422 e. The zero-order chi connectivity index (χ0) is 14.9. The first kappa shape index (κ1) is 14.0. The van der Waals surface area contributed by atoms with E-state index >= 15 is 0 Å². The molecule has 6 heteroatoms. The minimum atomic E-state index is -1.13. The number of aryl methyl sites for hydroxylation is 1. The van der Waals surface area contributed by atoms with Crippen LogP contribution in [0.25, 0.3) is 10.9 Å². The summed E-state index contributed by atoms with van der Waals surface area (Å²) in [6.45, 7) is 4.47. The van der Waals surface area contributed by atoms with Gasteiger partial charge >= 0.3 is 17.4 Å². The maximum atomic E-state index is 11.8. The Hall–Kier alpha value is -2.37. The Bertz CT molecular complexity index is 769. The van der Waals surface area contributed by atoms with Crippen molar-refractivity contribution in [3.63, 3.8) is 0 Å². The number of fused-ring (bicyclic) bond motifs is 1. The summed E-state index contributed by atoms with van der Waals surface area (Å²) in [6.07, 6.45) is 0.753. The van der Waals surface area contributed by atoms with Gasteiger partial charge in [0.25, 0.3) is 0 Å². The largest absolute Gasteiger partial charge is 0.478 e. The van der Waals surface area contributed by atoms with Crippen LogP contribution in [0.2, 0.25) is 0 Å². The van der Waals surface area contributed by atoms with Crippen molar-refractivity contribution in [1.82, 2.24) is 4.57 Å². The van der Waals surface area contributed by atoms with E-state index in [0.717, 1.165) is 6.42 Å². The molecule has 1 aromatic heterocycles. The highest BCUT2D eigenvalue weighted by molar-refractivity contribution is 5.92. The lowest BCUT2D eigenvalue weighted by Gasteiger charge is -2.10. The number of carbonyl (C=O) groups is 1. The number of hydrogen-bond donors (Lipinski definition) is 1. The van der Waals surface area contributed by atoms with Crippen LogP contribution >= 0.6 is 0 Å². The Kier molecular flexibility index (Phi) is 3.74. The highest BCUT2D eigenvalue weighted by Gasteiger charge is 2.12. The van der Waals surface area contributed by atoms with Gasteiger partial charge in [0.15, 0.2) is 0 Å². The van der Waals surface area contributed by atoms with Gasteiger partial charge in [-0.05, 0) is 30.5 Å². The van der Waals surface area contributed by atoms with Crippen LogP contribution in [-0.4, -0.2) is 15.6 Å². The molecule has 106 valence electrons. The highest BCUT2D eigenvalue weighted by Crippen LogP contribution is 2.13. The zero-order valence-electron chi connectivity index (χ0n) is 11.3. The molecule has 2 rings (SSSR count). The molecule has 0 atom stereocenters. The van der Waals surface area contributed by atoms with E-state index in [2.05, 4.69) is 4.42 Å². The average Bonchev–Trinajstić information content (AvgIpc) is 2.37. The Morgan fingerprint density at radius 3 is 2.65 bits per heavy atom. The second kappa shape index (κ2) is 5.32. The van der Waals surface area contributed by atoms with Gasteiger partial charge in [0.1, 0.15) is 0 Å². The van der Waals surface area contributed by atoms with Crippen LogP contribution in [0.1, 0.15) is 30.6 Å². The normalized spacial score (nSPS) is 11.2. The molecule has 0 radical (unpaired) electrons. The van der Waals surface area contributed by atoms with Crippen LogP contribution in [0.5, 0.6) is 0 Å². The first-order valence-corrected chi connectivity index (χ1v) is 6.31. The molecule has 1 heterocycles. The summed E-state index contributed by atoms with van der Waals surface area (Å²) in [5, 5.41) is 9.04. The van der Waals surface area contributed by atoms with E-state index in [1.807, 2.05) is 13.8 Å². The molecular formula is C14H15NO5. The molecule has 0 aliphatic rings. The number of aromatic carboxylic acids is 1. The monoisotopic (exact) mass is 277 g/mol. The number of carboxylic acid groups (broad SMARTS) is 1. The average molecular weight is 277 g/mol. The number of carboxylic acids is 1. The summed E-state index contributed by atoms with van der Waals surface area (Å²) in [5.74, 6) is -1.46. The Labute approximate surface area is 114 Å². The second-order valence-corrected chi connectivity index (χ2v) is 5.03. The van der Waals surface area contributed by atoms with E-state index in [1.165, 1.54) is 22.8 Å². The van der Waals surface area contributed by atoms with Gasteiger partial charge in [-0.15, -0.1) is 0 Å². The maximum Gasteiger partial charge on any atom is 0.422 e. The molecule has 0 unspecified atom stereocenters. The molecule has 6 nitrogen and oxygen atoms in total. The standard InChI is InChI=1S/C14H15NO5/c1-8(2)5-6-15-11-4-3-9(12(16)17)7-10(11)13(18)20-14(15)19/h3-4,7-8H,5-6H2,1-2H3,(H,16,17). The SMILES string of the molecule is CC(C)CCn1c(=O)oc(=O)c2cc(C(=O)O)ccc21. The first-order chi connectivity index (χ1) is 9.40. The summed E-state index contributed by atoms with van der Waals surface area (Å²) < 4.78 is 6.01. The summed E-state index contributed by atoms with van der Waals surface area (Å²) in [4.78, 5) is 34.4. The number of benzene rings is 1. The Balaban J connectivity index is 2.66. The Morgan fingerprint density at radius 1 is 1.35 bits per heavy atom. The van der Waals surface area contributed by atoms with Crippen LogP contribution in [0.3, 0.4) is 0 Å². The van der Waals surface area contributed by atoms with E-state index in [0.29, 0.717) is 18.0 Å². The van der Waals surface area contributed by atoms with Crippen molar-refractivity contribution < 1.29 is 14.3 Å². The van der Waals surface area contributed by atoms with E-state index in [-0.39, 0.29) is 10.9 Å². The van der Waals surface area contributed by atoms with Crippen molar-refractivity contribution >= 4 is 16.9 Å². The minimum Gasteiger partial charge on any atom is -0.478 e. The van der Waals surface area contributed by atoms with Gasteiger partial charge in [-0.2, -0.15) is 0 Å². The van der Waals surface area contributed by atoms with Crippen molar-refractivity contribution in [1.29, 1.82) is 0 Å². The lowest BCUT2D eigenvalue weighted by Crippen LogP contribution is -2.25. The molecule has 0 spiro atoms. The van der Waals surface area contributed by atoms with Crippen molar-refractivity contribution in [3.8, 4) is 0 Å². The molecule has 1 aromatic carbocycles. The fraction of sp³-hybridized carbons (Fsp3) is 0.357. The van der Waals surface area contributed by atoms with Crippen molar-refractivity contribution in [2.75, 3.05) is 0 Å². The second-order valence-electron chi connectivity index (χ2n) is 5.03. The molecule has 2 aromatic rings. The lowest BCUT2D eigenvalue weighted by molar-refractivity contribution is 0.0697. The molecular weight excluding hydrogens is 262 g/mol. The van der Waals surface area contributed by atoms with E-state index < -0.39 is 17.4 Å². The van der Waals surface area contributed by atoms with Gasteiger partial charge in [0.05, 0.1) is 16.5 Å². The number of aromatic nitrogens is 1. The fourth-order valence-electron chi connectivity index (χ4n) is 1.95. The number of hydrogen-bond acceptors (Lipinski definition) is 4. The summed E-state index contributed by atoms with van der Waals surface area (Å²) in [7, 11) is 0. The maximum absolute atomic E-state index is 11.8. The summed E-state index contributed by atoms with van der Waals surface area (Å²) in [5.41, 5.74) is -0.426. The molecule has 20 heavy (non-hydrogen) atoms. The fourth-order valence-corrected chi connectivity index (χ4v) is 1.95.